The summed E-state index contributed by atoms with van der Waals surface area (Å²) in [6, 6.07) is 7.20. The van der Waals surface area contributed by atoms with Gasteiger partial charge >= 0.3 is 5.97 Å². The molecular weight excluding hydrogens is 593 g/mol. The van der Waals surface area contributed by atoms with Gasteiger partial charge in [0.2, 0.25) is 5.91 Å². The number of amides is 1. The summed E-state index contributed by atoms with van der Waals surface area (Å²) >= 11 is 6.12. The van der Waals surface area contributed by atoms with E-state index in [0.29, 0.717) is 29.5 Å². The number of likely N-dealkylation sites (N-methyl/N-ethyl adjacent to an activating group) is 1. The fourth-order valence-corrected chi connectivity index (χ4v) is 5.19. The molecule has 1 amide bonds. The minimum atomic E-state index is -1.40. The Morgan fingerprint density at radius 3 is 2.59 bits per heavy atom. The number of anilines is 4. The summed E-state index contributed by atoms with van der Waals surface area (Å²) < 4.78 is 19.7. The van der Waals surface area contributed by atoms with E-state index in [1.165, 1.54) is 31.5 Å². The van der Waals surface area contributed by atoms with E-state index in [0.717, 1.165) is 26.2 Å². The molecule has 2 saturated heterocycles. The number of halogens is 2. The first kappa shape index (κ1) is 31.2. The summed E-state index contributed by atoms with van der Waals surface area (Å²) in [4.78, 5) is 52.1. The van der Waals surface area contributed by atoms with E-state index in [9.17, 15) is 18.8 Å². The second-order valence-electron chi connectivity index (χ2n) is 11.1. The fraction of sp³-hybridized carbons (Fsp3) is 0.414. The molecule has 1 aromatic carbocycles. The number of ketones is 1. The van der Waals surface area contributed by atoms with Crippen molar-refractivity contribution >= 4 is 52.4 Å². The third-order valence-corrected chi connectivity index (χ3v) is 7.98. The zero-order chi connectivity index (χ0) is 31.4. The molecule has 2 N–H and O–H groups in total. The molecule has 232 valence electrons. The normalized spacial score (nSPS) is 19.1. The van der Waals surface area contributed by atoms with E-state index in [1.54, 1.807) is 24.1 Å². The minimum Gasteiger partial charge on any atom is -0.457 e. The van der Waals surface area contributed by atoms with Gasteiger partial charge in [-0.1, -0.05) is 11.6 Å². The van der Waals surface area contributed by atoms with Gasteiger partial charge in [0, 0.05) is 69.4 Å². The van der Waals surface area contributed by atoms with E-state index in [-0.39, 0.29) is 47.7 Å². The number of esters is 1. The zero-order valence-corrected chi connectivity index (χ0v) is 25.4. The number of hydrogen-bond donors (Lipinski definition) is 2. The molecule has 1 atom stereocenters. The van der Waals surface area contributed by atoms with Crippen molar-refractivity contribution < 1.29 is 23.5 Å². The van der Waals surface area contributed by atoms with Crippen LogP contribution in [0.4, 0.5) is 27.5 Å². The minimum absolute atomic E-state index is 0.0444. The van der Waals surface area contributed by atoms with Crippen LogP contribution in [0.3, 0.4) is 0 Å². The Labute approximate surface area is 258 Å². The highest BCUT2D eigenvalue weighted by Gasteiger charge is 2.49. The van der Waals surface area contributed by atoms with Gasteiger partial charge in [0.15, 0.2) is 18.2 Å². The van der Waals surface area contributed by atoms with E-state index in [1.807, 2.05) is 0 Å². The molecule has 1 unspecified atom stereocenters. The number of nitrogens with one attached hydrogen (secondary N) is 2. The Balaban J connectivity index is 1.37. The molecule has 0 spiro atoms. The molecule has 2 aliphatic heterocycles. The first-order valence-corrected chi connectivity index (χ1v) is 14.4. The number of benzene rings is 1. The molecule has 2 aromatic heterocycles. The number of rotatable bonds is 10. The summed E-state index contributed by atoms with van der Waals surface area (Å²) in [6.45, 7) is 5.58. The average molecular weight is 626 g/mol. The smallest absolute Gasteiger partial charge is 0.321 e. The predicted molar refractivity (Wildman–Crippen MR) is 162 cm³/mol. The van der Waals surface area contributed by atoms with Crippen LogP contribution >= 0.6 is 11.6 Å². The van der Waals surface area contributed by atoms with Crippen LogP contribution in [0.2, 0.25) is 5.02 Å². The van der Waals surface area contributed by atoms with E-state index in [2.05, 4.69) is 47.6 Å². The zero-order valence-electron chi connectivity index (χ0n) is 24.6. The number of piperazine rings is 1. The SMILES string of the molecule is CN1CCN(CCC(=O)Nc2cc(Nc3cc(-c4cc(Cl)ccc4F)nnc3N(C)CC3(C)C(=O)COC3=O)ncn2)CC1. The first-order valence-electron chi connectivity index (χ1n) is 14.1. The largest absolute Gasteiger partial charge is 0.457 e. The van der Waals surface area contributed by atoms with Gasteiger partial charge in [-0.3, -0.25) is 14.4 Å². The Kier molecular flexibility index (Phi) is 9.32. The molecular formula is C29H33ClFN9O4. The lowest BCUT2D eigenvalue weighted by atomic mass is 9.87. The van der Waals surface area contributed by atoms with Crippen LogP contribution in [0.5, 0.6) is 0 Å². The molecule has 3 aromatic rings. The van der Waals surface area contributed by atoms with Crippen molar-refractivity contribution in [2.75, 3.05) is 75.5 Å². The molecule has 4 heterocycles. The van der Waals surface area contributed by atoms with E-state index in [4.69, 9.17) is 16.3 Å². The maximum absolute atomic E-state index is 14.7. The third kappa shape index (κ3) is 7.09. The lowest BCUT2D eigenvalue weighted by Gasteiger charge is -2.32. The quantitative estimate of drug-likeness (QED) is 0.252. The van der Waals surface area contributed by atoms with E-state index < -0.39 is 17.2 Å². The van der Waals surface area contributed by atoms with Gasteiger partial charge in [0.25, 0.3) is 0 Å². The molecule has 0 saturated carbocycles. The predicted octanol–water partition coefficient (Wildman–Crippen LogP) is 2.61. The van der Waals surface area contributed by atoms with Gasteiger partial charge < -0.3 is 30.1 Å². The summed E-state index contributed by atoms with van der Waals surface area (Å²) in [5.74, 6) is -0.864. The van der Waals surface area contributed by atoms with Crippen molar-refractivity contribution in [3.63, 3.8) is 0 Å². The third-order valence-electron chi connectivity index (χ3n) is 7.74. The van der Waals surface area contributed by atoms with Crippen LogP contribution < -0.4 is 15.5 Å². The lowest BCUT2D eigenvalue weighted by molar-refractivity contribution is -0.145. The molecule has 5 rings (SSSR count). The Bertz CT molecular complexity index is 1550. The van der Waals surface area contributed by atoms with E-state index >= 15 is 0 Å². The Hall–Kier alpha value is -4.27. The van der Waals surface area contributed by atoms with Crippen molar-refractivity contribution in [2.45, 2.75) is 13.3 Å². The number of aromatic nitrogens is 4. The topological polar surface area (TPSA) is 146 Å². The number of nitrogens with zero attached hydrogens (tertiary/aromatic N) is 7. The maximum atomic E-state index is 14.7. The summed E-state index contributed by atoms with van der Waals surface area (Å²) in [6.07, 6.45) is 1.61. The molecule has 13 nitrogen and oxygen atoms in total. The van der Waals surface area contributed by atoms with Gasteiger partial charge in [-0.05, 0) is 38.2 Å². The second-order valence-corrected chi connectivity index (χ2v) is 11.6. The van der Waals surface area contributed by atoms with Crippen LogP contribution in [-0.2, 0) is 19.1 Å². The van der Waals surface area contributed by atoms with Crippen molar-refractivity contribution in [3.05, 3.63) is 47.5 Å². The van der Waals surface area contributed by atoms with Crippen molar-refractivity contribution in [1.82, 2.24) is 30.0 Å². The van der Waals surface area contributed by atoms with Gasteiger partial charge in [-0.2, -0.15) is 0 Å². The highest BCUT2D eigenvalue weighted by molar-refractivity contribution is 6.30. The number of carbonyl (C=O) groups excluding carboxylic acids is 3. The van der Waals surface area contributed by atoms with Crippen molar-refractivity contribution in [3.8, 4) is 11.3 Å². The number of Topliss-reactive ketones (excluding diaryl/α,β-unsaturated/α-hetero) is 1. The molecule has 2 fully saturated rings. The average Bonchev–Trinajstić information content (AvgIpc) is 3.24. The van der Waals surface area contributed by atoms with Crippen molar-refractivity contribution in [1.29, 1.82) is 0 Å². The van der Waals surface area contributed by atoms with Gasteiger partial charge in [0.05, 0.1) is 11.4 Å². The summed E-state index contributed by atoms with van der Waals surface area (Å²) in [7, 11) is 3.72. The summed E-state index contributed by atoms with van der Waals surface area (Å²) in [5.41, 5.74) is -0.758. The number of cyclic esters (lactones) is 1. The lowest BCUT2D eigenvalue weighted by Crippen LogP contribution is -2.45. The second kappa shape index (κ2) is 13.2. The van der Waals surface area contributed by atoms with Gasteiger partial charge in [-0.15, -0.1) is 10.2 Å². The van der Waals surface area contributed by atoms with Crippen LogP contribution in [0, 0.1) is 11.2 Å². The summed E-state index contributed by atoms with van der Waals surface area (Å²) in [5, 5.41) is 14.8. The molecule has 0 aliphatic carbocycles. The molecule has 44 heavy (non-hydrogen) atoms. The van der Waals surface area contributed by atoms with Crippen LogP contribution in [0.1, 0.15) is 13.3 Å². The number of carbonyl (C=O) groups is 3. The maximum Gasteiger partial charge on any atom is 0.321 e. The Morgan fingerprint density at radius 1 is 1.11 bits per heavy atom. The number of hydrogen-bond acceptors (Lipinski definition) is 12. The molecule has 0 bridgehead atoms. The monoisotopic (exact) mass is 625 g/mol. The fourth-order valence-electron chi connectivity index (χ4n) is 5.02. The first-order chi connectivity index (χ1) is 21.0. The standard InChI is InChI=1S/C29H33ClFN9O4/c1-29(23(41)15-44-28(29)43)16-39(3)27-22(13-21(36-37-27)19-12-18(30)4-5-20(19)31)34-24-14-25(33-17-32-24)35-26(42)6-7-40-10-8-38(2)9-11-40/h4-5,12-14,17H,6-11,15-16H2,1-3H3,(H2,32,33,34,35,36,42). The molecule has 15 heteroatoms. The van der Waals surface area contributed by atoms with Crippen LogP contribution in [-0.4, -0.2) is 108 Å². The van der Waals surface area contributed by atoms with Crippen molar-refractivity contribution in [2.24, 2.45) is 5.41 Å². The molecule has 2 aliphatic rings. The van der Waals surface area contributed by atoms with Crippen LogP contribution in [0.25, 0.3) is 11.3 Å². The highest BCUT2D eigenvalue weighted by Crippen LogP contribution is 2.34. The Morgan fingerprint density at radius 2 is 1.86 bits per heavy atom. The van der Waals surface area contributed by atoms with Gasteiger partial charge in [0.1, 0.15) is 29.2 Å². The molecule has 0 radical (unpaired) electrons. The highest BCUT2D eigenvalue weighted by atomic mass is 35.5. The van der Waals surface area contributed by atoms with Crippen LogP contribution in [0.15, 0.2) is 36.7 Å². The number of ether oxygens (including phenoxy) is 1. The van der Waals surface area contributed by atoms with Gasteiger partial charge in [-0.25, -0.2) is 14.4 Å².